The van der Waals surface area contributed by atoms with Crippen LogP contribution in [0.15, 0.2) is 22.7 Å². The first kappa shape index (κ1) is 14.0. The molecule has 1 aromatic carbocycles. The Morgan fingerprint density at radius 2 is 2.11 bits per heavy atom. The lowest BCUT2D eigenvalue weighted by atomic mass is 10.0. The number of nitrogens with zero attached hydrogens (tertiary/aromatic N) is 1. The number of carbonyl (C=O) groups excluding carboxylic acids is 2. The van der Waals surface area contributed by atoms with Gasteiger partial charge in [-0.1, -0.05) is 22.9 Å². The smallest absolute Gasteiger partial charge is 0.250 e. The van der Waals surface area contributed by atoms with Gasteiger partial charge < -0.3 is 5.32 Å². The Labute approximate surface area is 119 Å². The van der Waals surface area contributed by atoms with Crippen LogP contribution in [0, 0.1) is 5.82 Å². The van der Waals surface area contributed by atoms with Gasteiger partial charge in [0.2, 0.25) is 11.8 Å². The molecule has 2 atom stereocenters. The normalized spacial score (nSPS) is 23.5. The molecule has 1 heterocycles. The van der Waals surface area contributed by atoms with Gasteiger partial charge >= 0.3 is 0 Å². The molecule has 1 aliphatic heterocycles. The van der Waals surface area contributed by atoms with Crippen LogP contribution >= 0.6 is 15.9 Å². The van der Waals surface area contributed by atoms with E-state index in [1.165, 1.54) is 17.0 Å². The fraction of sp³-hybridized carbons (Fsp3) is 0.385. The molecule has 2 rings (SSSR count). The molecule has 2 amide bonds. The van der Waals surface area contributed by atoms with Crippen molar-refractivity contribution in [3.05, 3.63) is 28.5 Å². The van der Waals surface area contributed by atoms with Gasteiger partial charge in [0.15, 0.2) is 0 Å². The third-order valence-corrected chi connectivity index (χ3v) is 3.63. The Hall–Kier alpha value is -1.43. The maximum Gasteiger partial charge on any atom is 0.250 e. The van der Waals surface area contributed by atoms with Gasteiger partial charge in [0.05, 0.1) is 5.69 Å². The molecule has 6 heteroatoms. The molecule has 0 saturated carbocycles. The number of benzene rings is 1. The second-order valence-electron chi connectivity index (χ2n) is 4.46. The van der Waals surface area contributed by atoms with Gasteiger partial charge in [0.1, 0.15) is 17.9 Å². The predicted molar refractivity (Wildman–Crippen MR) is 73.3 cm³/mol. The number of carbonyl (C=O) groups is 2. The van der Waals surface area contributed by atoms with E-state index in [2.05, 4.69) is 21.2 Å². The zero-order chi connectivity index (χ0) is 14.2. The highest BCUT2D eigenvalue weighted by molar-refractivity contribution is 9.10. The van der Waals surface area contributed by atoms with Crippen LogP contribution < -0.4 is 10.2 Å². The maximum absolute atomic E-state index is 13.9. The Balaban J connectivity index is 2.51. The highest BCUT2D eigenvalue weighted by atomic mass is 79.9. The van der Waals surface area contributed by atoms with Crippen LogP contribution in [0.2, 0.25) is 0 Å². The zero-order valence-electron chi connectivity index (χ0n) is 10.6. The SMILES string of the molecule is CCC1C(=O)NC(C)C(=O)N1c1cc(Br)ccc1F. The van der Waals surface area contributed by atoms with Crippen molar-refractivity contribution in [2.75, 3.05) is 4.90 Å². The summed E-state index contributed by atoms with van der Waals surface area (Å²) < 4.78 is 14.6. The first-order valence-electron chi connectivity index (χ1n) is 6.04. The molecule has 1 fully saturated rings. The summed E-state index contributed by atoms with van der Waals surface area (Å²) in [5, 5.41) is 2.60. The van der Waals surface area contributed by atoms with E-state index in [-0.39, 0.29) is 17.5 Å². The van der Waals surface area contributed by atoms with Gasteiger partial charge in [-0.3, -0.25) is 14.5 Å². The number of piperazine rings is 1. The molecule has 0 bridgehead atoms. The molecule has 1 aromatic rings. The fourth-order valence-corrected chi connectivity index (χ4v) is 2.52. The van der Waals surface area contributed by atoms with Gasteiger partial charge in [-0.15, -0.1) is 0 Å². The first-order valence-corrected chi connectivity index (χ1v) is 6.83. The molecule has 0 aromatic heterocycles. The average molecular weight is 329 g/mol. The number of anilines is 1. The molecular weight excluding hydrogens is 315 g/mol. The second-order valence-corrected chi connectivity index (χ2v) is 5.37. The van der Waals surface area contributed by atoms with Crippen molar-refractivity contribution in [1.82, 2.24) is 5.32 Å². The lowest BCUT2D eigenvalue weighted by molar-refractivity contribution is -0.133. The van der Waals surface area contributed by atoms with Gasteiger partial charge in [-0.05, 0) is 31.5 Å². The number of nitrogens with one attached hydrogen (secondary N) is 1. The summed E-state index contributed by atoms with van der Waals surface area (Å²) in [6.07, 6.45) is 0.427. The van der Waals surface area contributed by atoms with Crippen molar-refractivity contribution in [2.24, 2.45) is 0 Å². The molecule has 0 radical (unpaired) electrons. The highest BCUT2D eigenvalue weighted by Crippen LogP contribution is 2.28. The zero-order valence-corrected chi connectivity index (χ0v) is 12.2. The fourth-order valence-electron chi connectivity index (χ4n) is 2.18. The Kier molecular flexibility index (Phi) is 3.89. The van der Waals surface area contributed by atoms with Crippen molar-refractivity contribution in [3.8, 4) is 0 Å². The summed E-state index contributed by atoms with van der Waals surface area (Å²) in [5.41, 5.74) is 0.132. The van der Waals surface area contributed by atoms with E-state index in [4.69, 9.17) is 0 Å². The van der Waals surface area contributed by atoms with Gasteiger partial charge in [-0.2, -0.15) is 0 Å². The lowest BCUT2D eigenvalue weighted by Gasteiger charge is -2.37. The molecule has 2 unspecified atom stereocenters. The van der Waals surface area contributed by atoms with Crippen LogP contribution in [0.25, 0.3) is 0 Å². The van der Waals surface area contributed by atoms with E-state index in [1.807, 2.05) is 0 Å². The Morgan fingerprint density at radius 3 is 2.74 bits per heavy atom. The summed E-state index contributed by atoms with van der Waals surface area (Å²) in [6.45, 7) is 3.38. The van der Waals surface area contributed by atoms with Crippen LogP contribution in [0.5, 0.6) is 0 Å². The third-order valence-electron chi connectivity index (χ3n) is 3.14. The van der Waals surface area contributed by atoms with Gasteiger partial charge in [0, 0.05) is 4.47 Å². The molecule has 0 aliphatic carbocycles. The molecule has 0 spiro atoms. The minimum Gasteiger partial charge on any atom is -0.343 e. The van der Waals surface area contributed by atoms with E-state index in [1.54, 1.807) is 19.9 Å². The molecule has 1 aliphatic rings. The van der Waals surface area contributed by atoms with Crippen LogP contribution in [0.4, 0.5) is 10.1 Å². The topological polar surface area (TPSA) is 49.4 Å². The Morgan fingerprint density at radius 1 is 1.42 bits per heavy atom. The third kappa shape index (κ3) is 2.49. The lowest BCUT2D eigenvalue weighted by Crippen LogP contribution is -2.62. The summed E-state index contributed by atoms with van der Waals surface area (Å²) in [7, 11) is 0. The van der Waals surface area contributed by atoms with Crippen molar-refractivity contribution in [1.29, 1.82) is 0 Å². The number of hydrogen-bond acceptors (Lipinski definition) is 2. The van der Waals surface area contributed by atoms with Crippen LogP contribution in [-0.2, 0) is 9.59 Å². The number of halogens is 2. The van der Waals surface area contributed by atoms with Crippen molar-refractivity contribution >= 4 is 33.4 Å². The second kappa shape index (κ2) is 5.28. The molecule has 19 heavy (non-hydrogen) atoms. The van der Waals surface area contributed by atoms with Crippen LogP contribution in [0.3, 0.4) is 0 Å². The van der Waals surface area contributed by atoms with Crippen molar-refractivity contribution in [2.45, 2.75) is 32.4 Å². The molecule has 1 N–H and O–H groups in total. The molecular formula is C13H14BrFN2O2. The minimum absolute atomic E-state index is 0.132. The summed E-state index contributed by atoms with van der Waals surface area (Å²) in [5.74, 6) is -1.07. The summed E-state index contributed by atoms with van der Waals surface area (Å²) in [4.78, 5) is 25.4. The van der Waals surface area contributed by atoms with Crippen LogP contribution in [0.1, 0.15) is 20.3 Å². The van der Waals surface area contributed by atoms with Crippen molar-refractivity contribution < 1.29 is 14.0 Å². The highest BCUT2D eigenvalue weighted by Gasteiger charge is 2.39. The van der Waals surface area contributed by atoms with Gasteiger partial charge in [-0.25, -0.2) is 4.39 Å². The average Bonchev–Trinajstić information content (AvgIpc) is 2.36. The standard InChI is InChI=1S/C13H14BrFN2O2/c1-3-10-12(18)16-7(2)13(19)17(10)11-6-8(14)4-5-9(11)15/h4-7,10H,3H2,1-2H3,(H,16,18). The monoisotopic (exact) mass is 328 g/mol. The molecule has 1 saturated heterocycles. The number of amides is 2. The van der Waals surface area contributed by atoms with E-state index in [9.17, 15) is 14.0 Å². The number of hydrogen-bond donors (Lipinski definition) is 1. The number of rotatable bonds is 2. The molecule has 4 nitrogen and oxygen atoms in total. The van der Waals surface area contributed by atoms with E-state index >= 15 is 0 Å². The Bertz CT molecular complexity index is 535. The van der Waals surface area contributed by atoms with Crippen LogP contribution in [-0.4, -0.2) is 23.9 Å². The maximum atomic E-state index is 13.9. The molecule has 102 valence electrons. The largest absolute Gasteiger partial charge is 0.343 e. The van der Waals surface area contributed by atoms with Crippen molar-refractivity contribution in [3.63, 3.8) is 0 Å². The summed E-state index contributed by atoms with van der Waals surface area (Å²) in [6, 6.07) is 3.02. The summed E-state index contributed by atoms with van der Waals surface area (Å²) >= 11 is 3.25. The van der Waals surface area contributed by atoms with Gasteiger partial charge in [0.25, 0.3) is 0 Å². The van der Waals surface area contributed by atoms with E-state index < -0.39 is 17.9 Å². The van der Waals surface area contributed by atoms with E-state index in [0.29, 0.717) is 10.9 Å². The predicted octanol–water partition coefficient (Wildman–Crippen LogP) is 2.22. The minimum atomic E-state index is -0.674. The van der Waals surface area contributed by atoms with E-state index in [0.717, 1.165) is 0 Å². The first-order chi connectivity index (χ1) is 8.95. The quantitative estimate of drug-likeness (QED) is 0.904.